The summed E-state index contributed by atoms with van der Waals surface area (Å²) in [6.07, 6.45) is 21.7. The van der Waals surface area contributed by atoms with Gasteiger partial charge in [-0.3, -0.25) is 6.08 Å². The topological polar surface area (TPSA) is 40.9 Å². The van der Waals surface area contributed by atoms with E-state index in [1.807, 2.05) is 6.08 Å². The Hall–Kier alpha value is 0.461. The van der Waals surface area contributed by atoms with Crippen LogP contribution in [0, 0.1) is 12.0 Å². The molecular formula is C21H38Cl2NOSiTi. The molecule has 0 bridgehead atoms. The molecule has 6 heteroatoms. The number of carbonyl (C=O) groups excluding carboxylic acids is 1. The summed E-state index contributed by atoms with van der Waals surface area (Å²) in [6.45, 7) is 6.50. The van der Waals surface area contributed by atoms with Gasteiger partial charge in [0.25, 0.3) is 0 Å². The third kappa shape index (κ3) is 24.4. The minimum absolute atomic E-state index is 0. The molecule has 1 radical (unpaired) electrons. The van der Waals surface area contributed by atoms with Crippen molar-refractivity contribution in [3.63, 3.8) is 0 Å². The zero-order valence-corrected chi connectivity index (χ0v) is 21.7. The van der Waals surface area contributed by atoms with Crippen LogP contribution in [-0.4, -0.2) is 15.4 Å². The second-order valence-corrected chi connectivity index (χ2v) is 8.05. The fraction of sp³-hybridized carbons (Fsp3) is 0.762. The van der Waals surface area contributed by atoms with Crippen molar-refractivity contribution in [1.29, 1.82) is 0 Å². The molecule has 0 aromatic rings. The van der Waals surface area contributed by atoms with Crippen molar-refractivity contribution in [1.82, 2.24) is 0 Å². The normalized spacial score (nSPS) is 17.4. The van der Waals surface area contributed by atoms with Gasteiger partial charge in [0.05, 0.1) is 5.91 Å². The number of nitrogens with one attached hydrogen (secondary N) is 1. The first-order valence-electron chi connectivity index (χ1n) is 9.84. The predicted molar refractivity (Wildman–Crippen MR) is 109 cm³/mol. The number of carbonyl (C=O) groups is 1. The number of rotatable bonds is 1. The van der Waals surface area contributed by atoms with E-state index in [4.69, 9.17) is 5.73 Å². The van der Waals surface area contributed by atoms with Gasteiger partial charge >= 0.3 is 21.7 Å². The van der Waals surface area contributed by atoms with E-state index in [0.29, 0.717) is 0 Å². The van der Waals surface area contributed by atoms with Gasteiger partial charge < -0.3 is 35.3 Å². The van der Waals surface area contributed by atoms with Gasteiger partial charge in [0.1, 0.15) is 0 Å². The van der Waals surface area contributed by atoms with E-state index in [-0.39, 0.29) is 58.4 Å². The average molecular weight is 467 g/mol. The second-order valence-electron chi connectivity index (χ2n) is 6.90. The Kier molecular flexibility index (Phi) is 34.2. The van der Waals surface area contributed by atoms with Crippen LogP contribution in [0.2, 0.25) is 13.1 Å². The van der Waals surface area contributed by atoms with Crippen molar-refractivity contribution in [2.45, 2.75) is 97.1 Å². The van der Waals surface area contributed by atoms with Crippen molar-refractivity contribution in [3.8, 4) is 0 Å². The molecule has 155 valence electrons. The first kappa shape index (κ1) is 34.9. The Labute approximate surface area is 198 Å². The molecule has 0 unspecified atom stereocenters. The standard InChI is InChI=1S/C13H25NO.C6H7.C2H7Si.2ClH.Ti/c14-13(15)12-10-8-6-4-2-1-3-5-7-9-11-12;1-6-4-2-3-5-6;1-3-2;;;/h12H,1-11H2,(H2,14,15);4-5H,2H2,1H3;3H,1-2H3;2*1H;/q;-1;;;;+4/p-3. The van der Waals surface area contributed by atoms with Gasteiger partial charge in [-0.2, -0.15) is 6.08 Å². The third-order valence-corrected chi connectivity index (χ3v) is 4.35. The fourth-order valence-corrected chi connectivity index (χ4v) is 2.92. The summed E-state index contributed by atoms with van der Waals surface area (Å²) in [6, 6.07) is 0. The molecule has 0 heterocycles. The summed E-state index contributed by atoms with van der Waals surface area (Å²) in [5, 5.41) is 0. The zero-order valence-electron chi connectivity index (χ0n) is 17.5. The number of hydrogen-bond acceptors (Lipinski definition) is 1. The van der Waals surface area contributed by atoms with Crippen molar-refractivity contribution < 1.29 is 51.3 Å². The van der Waals surface area contributed by atoms with Crippen LogP contribution in [0.3, 0.4) is 0 Å². The van der Waals surface area contributed by atoms with Crippen LogP contribution in [0.25, 0.3) is 5.73 Å². The number of allylic oxidation sites excluding steroid dienone is 4. The molecule has 1 saturated carbocycles. The minimum Gasteiger partial charge on any atom is -1.00 e. The third-order valence-electron chi connectivity index (χ3n) is 4.35. The number of hydrogen-bond donors (Lipinski definition) is 0. The molecule has 2 aliphatic rings. The number of halogens is 2. The van der Waals surface area contributed by atoms with E-state index in [0.717, 1.165) is 41.6 Å². The number of amides is 1. The van der Waals surface area contributed by atoms with Gasteiger partial charge in [-0.1, -0.05) is 70.9 Å². The van der Waals surface area contributed by atoms with E-state index >= 15 is 0 Å². The van der Waals surface area contributed by atoms with Gasteiger partial charge in [-0.05, 0) is 12.8 Å². The molecule has 27 heavy (non-hydrogen) atoms. The van der Waals surface area contributed by atoms with Gasteiger partial charge in [-0.25, -0.2) is 11.6 Å². The molecule has 0 aromatic heterocycles. The molecule has 0 atom stereocenters. The molecule has 0 aromatic carbocycles. The van der Waals surface area contributed by atoms with E-state index < -0.39 is 0 Å². The first-order chi connectivity index (χ1) is 11.6. The Morgan fingerprint density at radius 1 is 0.963 bits per heavy atom. The van der Waals surface area contributed by atoms with Crippen LogP contribution in [0.1, 0.15) is 84.0 Å². The quantitative estimate of drug-likeness (QED) is 0.414. The van der Waals surface area contributed by atoms with Crippen LogP contribution < -0.4 is 24.8 Å². The van der Waals surface area contributed by atoms with Crippen LogP contribution in [0.5, 0.6) is 0 Å². The Bertz CT molecular complexity index is 364. The zero-order chi connectivity index (χ0) is 18.0. The Morgan fingerprint density at radius 2 is 1.33 bits per heavy atom. The summed E-state index contributed by atoms with van der Waals surface area (Å²) in [4.78, 5) is 11.1. The molecule has 0 saturated heterocycles. The maximum atomic E-state index is 11.1. The van der Waals surface area contributed by atoms with Gasteiger partial charge in [0, 0.05) is 15.4 Å². The smallest absolute Gasteiger partial charge is 1.00 e. The van der Waals surface area contributed by atoms with Crippen molar-refractivity contribution in [3.05, 3.63) is 29.5 Å². The van der Waals surface area contributed by atoms with E-state index in [1.54, 1.807) is 0 Å². The van der Waals surface area contributed by atoms with Crippen LogP contribution in [0.15, 0.2) is 17.7 Å². The van der Waals surface area contributed by atoms with Gasteiger partial charge in [0.15, 0.2) is 0 Å². The summed E-state index contributed by atoms with van der Waals surface area (Å²) in [7, 11) is 0.750. The minimum atomic E-state index is -0.327. The summed E-state index contributed by atoms with van der Waals surface area (Å²) in [5.41, 5.74) is 8.57. The molecule has 1 amide bonds. The summed E-state index contributed by atoms with van der Waals surface area (Å²) < 4.78 is 0. The van der Waals surface area contributed by atoms with E-state index in [1.165, 1.54) is 50.5 Å². The maximum absolute atomic E-state index is 11.1. The maximum Gasteiger partial charge on any atom is 4.00 e. The molecule has 2 nitrogen and oxygen atoms in total. The molecule has 2 rings (SSSR count). The van der Waals surface area contributed by atoms with Crippen molar-refractivity contribution in [2.75, 3.05) is 0 Å². The van der Waals surface area contributed by atoms with Crippen molar-refractivity contribution in [2.24, 2.45) is 5.92 Å². The van der Waals surface area contributed by atoms with E-state index in [9.17, 15) is 4.79 Å². The van der Waals surface area contributed by atoms with Crippen LogP contribution in [-0.2, 0) is 26.5 Å². The van der Waals surface area contributed by atoms with Crippen molar-refractivity contribution >= 4 is 15.4 Å². The largest absolute Gasteiger partial charge is 4.00 e. The summed E-state index contributed by atoms with van der Waals surface area (Å²) in [5.74, 6) is -0.281. The van der Waals surface area contributed by atoms with Crippen LogP contribution in [0.4, 0.5) is 0 Å². The molecular weight excluding hydrogens is 429 g/mol. The average Bonchev–Trinajstić information content (AvgIpc) is 3.00. The molecule has 0 spiro atoms. The molecule has 0 aliphatic heterocycles. The molecule has 1 N–H and O–H groups in total. The predicted octanol–water partition coefficient (Wildman–Crippen LogP) is 0.706. The van der Waals surface area contributed by atoms with Crippen LogP contribution >= 0.6 is 0 Å². The molecule has 1 fully saturated rings. The van der Waals surface area contributed by atoms with E-state index in [2.05, 4.69) is 32.2 Å². The monoisotopic (exact) mass is 466 g/mol. The SMILES string of the molecule is CC1=CC[C-]=C1.C[SiH]C.[Cl-].[Cl-].[NH-]C(=O)C1CCCCCCCCCCC1.[Ti+4]. The molecule has 2 aliphatic carbocycles. The first-order valence-corrected chi connectivity index (χ1v) is 12.2. The fourth-order valence-electron chi connectivity index (χ4n) is 2.92. The Morgan fingerprint density at radius 3 is 1.56 bits per heavy atom. The Balaban J connectivity index is -0.000000186. The second kappa shape index (κ2) is 26.5. The van der Waals surface area contributed by atoms with Gasteiger partial charge in [0.2, 0.25) is 0 Å². The van der Waals surface area contributed by atoms with Gasteiger partial charge in [-0.15, -0.1) is 13.3 Å². The summed E-state index contributed by atoms with van der Waals surface area (Å²) >= 11 is 0.